The molecule has 3 nitrogen and oxygen atoms in total. The summed E-state index contributed by atoms with van der Waals surface area (Å²) >= 11 is 1.65. The van der Waals surface area contributed by atoms with Gasteiger partial charge in [0.05, 0.1) is 5.52 Å². The van der Waals surface area contributed by atoms with Crippen molar-refractivity contribution in [1.82, 2.24) is 9.97 Å². The highest BCUT2D eigenvalue weighted by Crippen LogP contribution is 2.31. The third-order valence-electron chi connectivity index (χ3n) is 3.13. The Labute approximate surface area is 122 Å². The van der Waals surface area contributed by atoms with E-state index in [4.69, 9.17) is 5.73 Å². The van der Waals surface area contributed by atoms with E-state index >= 15 is 0 Å². The first-order valence-electron chi connectivity index (χ1n) is 6.47. The summed E-state index contributed by atoms with van der Waals surface area (Å²) in [5.74, 6) is 0. The molecule has 3 aromatic rings. The summed E-state index contributed by atoms with van der Waals surface area (Å²) in [6.45, 7) is 1.99. The first-order valence-corrected chi connectivity index (χ1v) is 7.29. The van der Waals surface area contributed by atoms with Crippen LogP contribution in [0.4, 0.5) is 0 Å². The van der Waals surface area contributed by atoms with Gasteiger partial charge in [-0.25, -0.2) is 9.97 Å². The number of benzene rings is 2. The molecule has 20 heavy (non-hydrogen) atoms. The first kappa shape index (κ1) is 13.1. The normalized spacial score (nSPS) is 12.5. The minimum Gasteiger partial charge on any atom is -0.324 e. The van der Waals surface area contributed by atoms with Gasteiger partial charge in [0.25, 0.3) is 0 Å². The lowest BCUT2D eigenvalue weighted by atomic mass is 10.1. The Morgan fingerprint density at radius 1 is 1.00 bits per heavy atom. The molecule has 0 aliphatic rings. The second kappa shape index (κ2) is 5.61. The van der Waals surface area contributed by atoms with Crippen molar-refractivity contribution in [2.24, 2.45) is 5.73 Å². The van der Waals surface area contributed by atoms with Crippen LogP contribution in [0.3, 0.4) is 0 Å². The summed E-state index contributed by atoms with van der Waals surface area (Å²) in [6.07, 6.45) is 1.61. The number of hydrogen-bond donors (Lipinski definition) is 1. The average molecular weight is 281 g/mol. The summed E-state index contributed by atoms with van der Waals surface area (Å²) in [5.41, 5.74) is 7.97. The Kier molecular flexibility index (Phi) is 3.67. The second-order valence-electron chi connectivity index (χ2n) is 4.66. The van der Waals surface area contributed by atoms with Gasteiger partial charge in [-0.05, 0) is 30.7 Å². The smallest absolute Gasteiger partial charge is 0.117 e. The zero-order valence-corrected chi connectivity index (χ0v) is 12.0. The molecule has 0 aliphatic heterocycles. The summed E-state index contributed by atoms with van der Waals surface area (Å²) < 4.78 is 0. The molecule has 0 amide bonds. The fourth-order valence-corrected chi connectivity index (χ4v) is 2.89. The molecule has 0 spiro atoms. The largest absolute Gasteiger partial charge is 0.324 e. The van der Waals surface area contributed by atoms with Crippen molar-refractivity contribution in [3.63, 3.8) is 0 Å². The first-order chi connectivity index (χ1) is 9.74. The van der Waals surface area contributed by atoms with E-state index in [9.17, 15) is 0 Å². The fourth-order valence-electron chi connectivity index (χ4n) is 2.01. The van der Waals surface area contributed by atoms with Crippen molar-refractivity contribution in [3.8, 4) is 0 Å². The van der Waals surface area contributed by atoms with E-state index in [2.05, 4.69) is 34.2 Å². The highest BCUT2D eigenvalue weighted by Gasteiger charge is 2.06. The zero-order valence-electron chi connectivity index (χ0n) is 11.2. The molecule has 0 fully saturated rings. The Hall–Kier alpha value is -1.91. The highest BCUT2D eigenvalue weighted by molar-refractivity contribution is 7.99. The van der Waals surface area contributed by atoms with E-state index in [0.717, 1.165) is 26.4 Å². The van der Waals surface area contributed by atoms with Crippen molar-refractivity contribution in [3.05, 3.63) is 60.4 Å². The van der Waals surface area contributed by atoms with Gasteiger partial charge >= 0.3 is 0 Å². The van der Waals surface area contributed by atoms with Crippen molar-refractivity contribution in [2.45, 2.75) is 22.9 Å². The third kappa shape index (κ3) is 2.66. The van der Waals surface area contributed by atoms with E-state index in [1.165, 1.54) is 0 Å². The van der Waals surface area contributed by atoms with Gasteiger partial charge in [-0.15, -0.1) is 0 Å². The minimum absolute atomic E-state index is 0.0638. The number of nitrogens with two attached hydrogens (primary N) is 1. The van der Waals surface area contributed by atoms with E-state index in [0.29, 0.717) is 0 Å². The van der Waals surface area contributed by atoms with Crippen LogP contribution in [0.1, 0.15) is 18.5 Å². The molecule has 100 valence electrons. The average Bonchev–Trinajstić information content (AvgIpc) is 2.48. The minimum atomic E-state index is 0.0638. The number of para-hydroxylation sites is 1. The molecule has 0 bridgehead atoms. The van der Waals surface area contributed by atoms with Crippen LogP contribution in [0.2, 0.25) is 0 Å². The van der Waals surface area contributed by atoms with Gasteiger partial charge in [-0.3, -0.25) is 0 Å². The van der Waals surface area contributed by atoms with Crippen LogP contribution in [0.5, 0.6) is 0 Å². The maximum absolute atomic E-state index is 5.86. The van der Waals surface area contributed by atoms with E-state index in [1.54, 1.807) is 18.1 Å². The second-order valence-corrected chi connectivity index (χ2v) is 5.72. The Morgan fingerprint density at radius 2 is 1.75 bits per heavy atom. The molecule has 3 rings (SSSR count). The summed E-state index contributed by atoms with van der Waals surface area (Å²) in [5, 5.41) is 2.06. The topological polar surface area (TPSA) is 51.8 Å². The van der Waals surface area contributed by atoms with Crippen LogP contribution in [-0.2, 0) is 0 Å². The predicted octanol–water partition coefficient (Wildman–Crippen LogP) is 3.80. The monoisotopic (exact) mass is 281 g/mol. The summed E-state index contributed by atoms with van der Waals surface area (Å²) in [7, 11) is 0. The van der Waals surface area contributed by atoms with Crippen LogP contribution in [0.15, 0.2) is 64.8 Å². The van der Waals surface area contributed by atoms with Crippen LogP contribution in [-0.4, -0.2) is 9.97 Å². The number of nitrogens with zero attached hydrogens (tertiary/aromatic N) is 2. The third-order valence-corrected chi connectivity index (χ3v) is 4.15. The van der Waals surface area contributed by atoms with Gasteiger partial charge in [0.1, 0.15) is 11.4 Å². The molecular formula is C16H15N3S. The van der Waals surface area contributed by atoms with Gasteiger partial charge in [0, 0.05) is 16.3 Å². The molecule has 0 saturated carbocycles. The Morgan fingerprint density at radius 3 is 2.50 bits per heavy atom. The number of hydrogen-bond acceptors (Lipinski definition) is 4. The number of rotatable bonds is 3. The lowest BCUT2D eigenvalue weighted by Crippen LogP contribution is -2.04. The highest BCUT2D eigenvalue weighted by atomic mass is 32.2. The lowest BCUT2D eigenvalue weighted by molar-refractivity contribution is 0.817. The van der Waals surface area contributed by atoms with Gasteiger partial charge in [0.2, 0.25) is 0 Å². The molecule has 1 aromatic heterocycles. The molecular weight excluding hydrogens is 266 g/mol. The molecule has 2 N–H and O–H groups in total. The Balaban J connectivity index is 1.93. The molecule has 1 atom stereocenters. The number of aromatic nitrogens is 2. The predicted molar refractivity (Wildman–Crippen MR) is 82.7 cm³/mol. The van der Waals surface area contributed by atoms with Crippen LogP contribution >= 0.6 is 11.8 Å². The van der Waals surface area contributed by atoms with Gasteiger partial charge in [-0.1, -0.05) is 42.1 Å². The molecule has 0 unspecified atom stereocenters. The van der Waals surface area contributed by atoms with Crippen molar-refractivity contribution >= 4 is 22.7 Å². The van der Waals surface area contributed by atoms with Gasteiger partial charge < -0.3 is 5.73 Å². The Bertz CT molecular complexity index is 718. The zero-order chi connectivity index (χ0) is 13.9. The van der Waals surface area contributed by atoms with E-state index in [-0.39, 0.29) is 6.04 Å². The van der Waals surface area contributed by atoms with Gasteiger partial charge in [-0.2, -0.15) is 0 Å². The van der Waals surface area contributed by atoms with Crippen molar-refractivity contribution < 1.29 is 0 Å². The molecule has 0 radical (unpaired) electrons. The van der Waals surface area contributed by atoms with Crippen LogP contribution in [0, 0.1) is 0 Å². The van der Waals surface area contributed by atoms with Crippen LogP contribution in [0.25, 0.3) is 10.9 Å². The standard InChI is InChI=1S/C16H15N3S/c1-11(17)12-6-8-13(9-7-12)20-16-14-4-2-3-5-15(14)18-10-19-16/h2-11H,17H2,1H3/t11-/m0/s1. The van der Waals surface area contributed by atoms with Gasteiger partial charge in [0.15, 0.2) is 0 Å². The summed E-state index contributed by atoms with van der Waals surface area (Å²) in [4.78, 5) is 9.82. The lowest BCUT2D eigenvalue weighted by Gasteiger charge is -2.07. The quantitative estimate of drug-likeness (QED) is 0.742. The molecule has 0 saturated heterocycles. The van der Waals surface area contributed by atoms with Crippen molar-refractivity contribution in [2.75, 3.05) is 0 Å². The fraction of sp³-hybridized carbons (Fsp3) is 0.125. The van der Waals surface area contributed by atoms with Crippen LogP contribution < -0.4 is 5.73 Å². The molecule has 2 aromatic carbocycles. The van der Waals surface area contributed by atoms with E-state index in [1.807, 2.05) is 31.2 Å². The molecule has 4 heteroatoms. The van der Waals surface area contributed by atoms with E-state index < -0.39 is 0 Å². The maximum Gasteiger partial charge on any atom is 0.117 e. The summed E-state index contributed by atoms with van der Waals surface area (Å²) in [6, 6.07) is 16.4. The molecule has 1 heterocycles. The molecule has 0 aliphatic carbocycles. The maximum atomic E-state index is 5.86. The number of fused-ring (bicyclic) bond motifs is 1. The van der Waals surface area contributed by atoms with Crippen molar-refractivity contribution in [1.29, 1.82) is 0 Å². The SMILES string of the molecule is C[C@H](N)c1ccc(Sc2ncnc3ccccc23)cc1.